The molecule has 1 unspecified atom stereocenters. The Labute approximate surface area is 80.3 Å². The van der Waals surface area contributed by atoms with E-state index in [2.05, 4.69) is 44.2 Å². The van der Waals surface area contributed by atoms with Crippen LogP contribution in [-0.4, -0.2) is 0 Å². The minimum atomic E-state index is 0.665. The number of allylic oxidation sites excluding steroid dienone is 8. The van der Waals surface area contributed by atoms with Gasteiger partial charge in [0.1, 0.15) is 0 Å². The molecule has 0 bridgehead atoms. The van der Waals surface area contributed by atoms with Crippen molar-refractivity contribution in [3.05, 3.63) is 47.1 Å². The molecular formula is C13H16. The van der Waals surface area contributed by atoms with Crippen LogP contribution in [0.1, 0.15) is 26.7 Å². The molecule has 1 atom stereocenters. The first kappa shape index (κ1) is 8.55. The SMILES string of the molecule is CC1=CCCC2C=CC=CC2=C1C. The standard InChI is InChI=1S/C13H16/c1-10-6-5-8-12-7-3-4-9-13(12)11(10)2/h3-4,6-7,9,12H,5,8H2,1-2H3. The molecule has 0 heteroatoms. The molecular weight excluding hydrogens is 156 g/mol. The Morgan fingerprint density at radius 3 is 2.92 bits per heavy atom. The zero-order chi connectivity index (χ0) is 9.26. The monoisotopic (exact) mass is 172 g/mol. The third-order valence-corrected chi connectivity index (χ3v) is 3.08. The van der Waals surface area contributed by atoms with Crippen molar-refractivity contribution < 1.29 is 0 Å². The minimum absolute atomic E-state index is 0.665. The molecule has 68 valence electrons. The topological polar surface area (TPSA) is 0 Å². The van der Waals surface area contributed by atoms with E-state index in [0.29, 0.717) is 5.92 Å². The van der Waals surface area contributed by atoms with Crippen molar-refractivity contribution >= 4 is 0 Å². The van der Waals surface area contributed by atoms with Gasteiger partial charge in [-0.25, -0.2) is 0 Å². The summed E-state index contributed by atoms with van der Waals surface area (Å²) < 4.78 is 0. The Kier molecular flexibility index (Phi) is 2.22. The Bertz CT molecular complexity index is 324. The zero-order valence-corrected chi connectivity index (χ0v) is 8.38. The van der Waals surface area contributed by atoms with Crippen molar-refractivity contribution in [2.75, 3.05) is 0 Å². The van der Waals surface area contributed by atoms with Gasteiger partial charge in [-0.05, 0) is 37.8 Å². The molecule has 0 amide bonds. The summed E-state index contributed by atoms with van der Waals surface area (Å²) in [6.45, 7) is 4.46. The molecule has 0 aromatic heterocycles. The molecule has 2 aliphatic carbocycles. The van der Waals surface area contributed by atoms with Crippen molar-refractivity contribution in [2.45, 2.75) is 26.7 Å². The molecule has 0 radical (unpaired) electrons. The highest BCUT2D eigenvalue weighted by Crippen LogP contribution is 2.32. The highest BCUT2D eigenvalue weighted by atomic mass is 14.2. The molecule has 0 saturated heterocycles. The van der Waals surface area contributed by atoms with E-state index >= 15 is 0 Å². The first-order valence-electron chi connectivity index (χ1n) is 5.02. The molecule has 0 aromatic carbocycles. The van der Waals surface area contributed by atoms with Crippen LogP contribution in [0.25, 0.3) is 0 Å². The van der Waals surface area contributed by atoms with Crippen molar-refractivity contribution in [3.63, 3.8) is 0 Å². The Hall–Kier alpha value is -1.04. The van der Waals surface area contributed by atoms with Crippen LogP contribution in [0, 0.1) is 5.92 Å². The largest absolute Gasteiger partial charge is 0.0813 e. The van der Waals surface area contributed by atoms with Crippen LogP contribution in [0.3, 0.4) is 0 Å². The highest BCUT2D eigenvalue weighted by Gasteiger charge is 2.16. The molecule has 13 heavy (non-hydrogen) atoms. The fourth-order valence-electron chi connectivity index (χ4n) is 2.10. The lowest BCUT2D eigenvalue weighted by Gasteiger charge is -2.17. The fraction of sp³-hybridized carbons (Fsp3) is 0.385. The van der Waals surface area contributed by atoms with Gasteiger partial charge in [0.2, 0.25) is 0 Å². The molecule has 0 aliphatic heterocycles. The molecule has 2 aliphatic rings. The predicted molar refractivity (Wildman–Crippen MR) is 57.5 cm³/mol. The summed E-state index contributed by atoms with van der Waals surface area (Å²) >= 11 is 0. The van der Waals surface area contributed by atoms with E-state index in [9.17, 15) is 0 Å². The zero-order valence-electron chi connectivity index (χ0n) is 8.38. The lowest BCUT2D eigenvalue weighted by Crippen LogP contribution is -2.02. The van der Waals surface area contributed by atoms with E-state index in [1.807, 2.05) is 0 Å². The van der Waals surface area contributed by atoms with Gasteiger partial charge < -0.3 is 0 Å². The molecule has 0 nitrogen and oxygen atoms in total. The second-order valence-electron chi connectivity index (χ2n) is 3.90. The van der Waals surface area contributed by atoms with E-state index in [0.717, 1.165) is 0 Å². The Morgan fingerprint density at radius 1 is 1.23 bits per heavy atom. The van der Waals surface area contributed by atoms with Crippen LogP contribution < -0.4 is 0 Å². The summed E-state index contributed by atoms with van der Waals surface area (Å²) in [6.07, 6.45) is 13.8. The van der Waals surface area contributed by atoms with Crippen molar-refractivity contribution in [3.8, 4) is 0 Å². The Morgan fingerprint density at radius 2 is 2.08 bits per heavy atom. The summed E-state index contributed by atoms with van der Waals surface area (Å²) in [7, 11) is 0. The van der Waals surface area contributed by atoms with Crippen LogP contribution in [0.4, 0.5) is 0 Å². The average molecular weight is 172 g/mol. The van der Waals surface area contributed by atoms with Gasteiger partial charge in [0.05, 0.1) is 0 Å². The summed E-state index contributed by atoms with van der Waals surface area (Å²) in [5.74, 6) is 0.665. The summed E-state index contributed by atoms with van der Waals surface area (Å²) in [4.78, 5) is 0. The number of rotatable bonds is 0. The van der Waals surface area contributed by atoms with Crippen molar-refractivity contribution in [1.29, 1.82) is 0 Å². The van der Waals surface area contributed by atoms with E-state index in [4.69, 9.17) is 0 Å². The predicted octanol–water partition coefficient (Wildman–Crippen LogP) is 3.79. The molecule has 0 spiro atoms. The van der Waals surface area contributed by atoms with Gasteiger partial charge in [-0.15, -0.1) is 0 Å². The van der Waals surface area contributed by atoms with Gasteiger partial charge >= 0.3 is 0 Å². The van der Waals surface area contributed by atoms with E-state index < -0.39 is 0 Å². The fourth-order valence-corrected chi connectivity index (χ4v) is 2.10. The van der Waals surface area contributed by atoms with E-state index in [1.165, 1.54) is 29.6 Å². The number of fused-ring (bicyclic) bond motifs is 1. The maximum Gasteiger partial charge on any atom is 0.00267 e. The number of hydrogen-bond donors (Lipinski definition) is 0. The van der Waals surface area contributed by atoms with E-state index in [-0.39, 0.29) is 0 Å². The molecule has 0 saturated carbocycles. The second kappa shape index (κ2) is 3.37. The summed E-state index contributed by atoms with van der Waals surface area (Å²) in [5.41, 5.74) is 4.45. The molecule has 0 aromatic rings. The summed E-state index contributed by atoms with van der Waals surface area (Å²) in [5, 5.41) is 0. The van der Waals surface area contributed by atoms with Gasteiger partial charge in [0, 0.05) is 5.92 Å². The van der Waals surface area contributed by atoms with Crippen molar-refractivity contribution in [1.82, 2.24) is 0 Å². The maximum atomic E-state index is 2.36. The smallest absolute Gasteiger partial charge is 0.00267 e. The van der Waals surface area contributed by atoms with Gasteiger partial charge in [-0.3, -0.25) is 0 Å². The van der Waals surface area contributed by atoms with Crippen LogP contribution >= 0.6 is 0 Å². The molecule has 0 heterocycles. The van der Waals surface area contributed by atoms with Gasteiger partial charge in [-0.2, -0.15) is 0 Å². The van der Waals surface area contributed by atoms with Gasteiger partial charge in [0.15, 0.2) is 0 Å². The molecule has 0 N–H and O–H groups in total. The van der Waals surface area contributed by atoms with E-state index in [1.54, 1.807) is 0 Å². The lowest BCUT2D eigenvalue weighted by molar-refractivity contribution is 0.696. The lowest BCUT2D eigenvalue weighted by atomic mass is 9.88. The first-order valence-corrected chi connectivity index (χ1v) is 5.02. The second-order valence-corrected chi connectivity index (χ2v) is 3.90. The molecule has 2 rings (SSSR count). The van der Waals surface area contributed by atoms with Crippen LogP contribution in [0.5, 0.6) is 0 Å². The number of hydrogen-bond acceptors (Lipinski definition) is 0. The molecule has 0 fully saturated rings. The Balaban J connectivity index is 2.44. The van der Waals surface area contributed by atoms with Crippen LogP contribution in [0.2, 0.25) is 0 Å². The quantitative estimate of drug-likeness (QED) is 0.521. The third kappa shape index (κ3) is 1.53. The minimum Gasteiger partial charge on any atom is -0.0813 e. The van der Waals surface area contributed by atoms with Crippen LogP contribution in [0.15, 0.2) is 47.1 Å². The first-order chi connectivity index (χ1) is 6.29. The van der Waals surface area contributed by atoms with Crippen molar-refractivity contribution in [2.24, 2.45) is 5.92 Å². The average Bonchev–Trinajstić information content (AvgIpc) is 2.29. The highest BCUT2D eigenvalue weighted by molar-refractivity contribution is 5.44. The maximum absolute atomic E-state index is 2.36. The van der Waals surface area contributed by atoms with Gasteiger partial charge in [-0.1, -0.05) is 36.0 Å². The summed E-state index contributed by atoms with van der Waals surface area (Å²) in [6, 6.07) is 0. The normalized spacial score (nSPS) is 26.9. The van der Waals surface area contributed by atoms with Gasteiger partial charge in [0.25, 0.3) is 0 Å². The van der Waals surface area contributed by atoms with Crippen LogP contribution in [-0.2, 0) is 0 Å². The third-order valence-electron chi connectivity index (χ3n) is 3.08.